The molecule has 0 aliphatic carbocycles. The number of rotatable bonds is 7. The van der Waals surface area contributed by atoms with Crippen molar-refractivity contribution in [3.8, 4) is 6.07 Å². The number of amides is 1. The summed E-state index contributed by atoms with van der Waals surface area (Å²) in [6.07, 6.45) is 0.698. The van der Waals surface area contributed by atoms with Crippen molar-refractivity contribution in [1.82, 2.24) is 14.8 Å². The number of nitrogens with one attached hydrogen (secondary N) is 1. The Kier molecular flexibility index (Phi) is 6.45. The van der Waals surface area contributed by atoms with Crippen molar-refractivity contribution in [1.29, 1.82) is 5.26 Å². The van der Waals surface area contributed by atoms with Gasteiger partial charge in [0.05, 0.1) is 16.9 Å². The Labute approximate surface area is 168 Å². The quantitative estimate of drug-likeness (QED) is 0.618. The van der Waals surface area contributed by atoms with Crippen molar-refractivity contribution in [2.24, 2.45) is 0 Å². The molecule has 142 valence electrons. The van der Waals surface area contributed by atoms with Gasteiger partial charge in [-0.05, 0) is 37.6 Å². The fourth-order valence-corrected chi connectivity index (χ4v) is 3.69. The first kappa shape index (κ1) is 19.6. The zero-order chi connectivity index (χ0) is 19.9. The maximum Gasteiger partial charge on any atom is 0.237 e. The van der Waals surface area contributed by atoms with Crippen LogP contribution in [0.25, 0.3) is 0 Å². The Balaban J connectivity index is 1.68. The number of nitriles is 1. The van der Waals surface area contributed by atoms with E-state index in [2.05, 4.69) is 33.7 Å². The van der Waals surface area contributed by atoms with Gasteiger partial charge in [0.25, 0.3) is 0 Å². The summed E-state index contributed by atoms with van der Waals surface area (Å²) in [5.41, 5.74) is 2.29. The predicted molar refractivity (Wildman–Crippen MR) is 110 cm³/mol. The topological polar surface area (TPSA) is 83.6 Å². The van der Waals surface area contributed by atoms with Crippen LogP contribution < -0.4 is 5.32 Å². The Morgan fingerprint density at radius 2 is 2.00 bits per heavy atom. The molecular formula is C21H21N5OS. The second-order valence-electron chi connectivity index (χ2n) is 6.25. The Morgan fingerprint density at radius 3 is 2.71 bits per heavy atom. The number of nitrogens with zero attached hydrogens (tertiary/aromatic N) is 4. The van der Waals surface area contributed by atoms with Crippen molar-refractivity contribution in [3.05, 3.63) is 71.5 Å². The van der Waals surface area contributed by atoms with Crippen molar-refractivity contribution in [3.63, 3.8) is 0 Å². The molecule has 1 N–H and O–H groups in total. The molecule has 3 rings (SSSR count). The van der Waals surface area contributed by atoms with E-state index in [-0.39, 0.29) is 11.2 Å². The van der Waals surface area contributed by atoms with Gasteiger partial charge in [0.1, 0.15) is 5.82 Å². The summed E-state index contributed by atoms with van der Waals surface area (Å²) in [4.78, 5) is 12.5. The lowest BCUT2D eigenvalue weighted by Gasteiger charge is -2.13. The molecule has 0 unspecified atom stereocenters. The molecule has 0 aliphatic rings. The van der Waals surface area contributed by atoms with Gasteiger partial charge < -0.3 is 9.88 Å². The third kappa shape index (κ3) is 4.78. The maximum absolute atomic E-state index is 12.5. The Bertz CT molecular complexity index is 994. The van der Waals surface area contributed by atoms with Crippen LogP contribution in [-0.4, -0.2) is 25.9 Å². The number of thioether (sulfide) groups is 1. The molecule has 0 bridgehead atoms. The molecule has 1 aromatic heterocycles. The van der Waals surface area contributed by atoms with Gasteiger partial charge in [-0.25, -0.2) is 0 Å². The largest absolute Gasteiger partial charge is 0.325 e. The molecule has 2 aromatic carbocycles. The molecule has 0 fully saturated rings. The highest BCUT2D eigenvalue weighted by Crippen LogP contribution is 2.24. The molecule has 28 heavy (non-hydrogen) atoms. The van der Waals surface area contributed by atoms with Crippen LogP contribution in [0.1, 0.15) is 30.8 Å². The van der Waals surface area contributed by atoms with E-state index in [1.54, 1.807) is 24.3 Å². The Morgan fingerprint density at radius 1 is 1.21 bits per heavy atom. The zero-order valence-corrected chi connectivity index (χ0v) is 16.6. The second-order valence-corrected chi connectivity index (χ2v) is 7.56. The average Bonchev–Trinajstić information content (AvgIpc) is 3.09. The molecule has 6 nitrogen and oxygen atoms in total. The summed E-state index contributed by atoms with van der Waals surface area (Å²) in [7, 11) is 0. The SMILES string of the molecule is CCn1c(Cc2ccccc2)nnc1S[C@@H](C)C(=O)Nc1cccc(C#N)c1. The molecule has 1 amide bonds. The fraction of sp³-hybridized carbons (Fsp3) is 0.238. The molecular weight excluding hydrogens is 370 g/mol. The highest BCUT2D eigenvalue weighted by molar-refractivity contribution is 8.00. The number of aromatic nitrogens is 3. The van der Waals surface area contributed by atoms with E-state index < -0.39 is 0 Å². The van der Waals surface area contributed by atoms with Crippen LogP contribution in [0.2, 0.25) is 0 Å². The maximum atomic E-state index is 12.5. The third-order valence-corrected chi connectivity index (χ3v) is 5.31. The summed E-state index contributed by atoms with van der Waals surface area (Å²) in [6, 6.07) is 19.1. The van der Waals surface area contributed by atoms with Gasteiger partial charge in [0, 0.05) is 18.7 Å². The second kappa shape index (κ2) is 9.20. The standard InChI is InChI=1S/C21H21N5OS/c1-3-26-19(13-16-8-5-4-6-9-16)24-25-21(26)28-15(2)20(27)23-18-11-7-10-17(12-18)14-22/h4-12,15H,3,13H2,1-2H3,(H,23,27)/t15-/m0/s1. The van der Waals surface area contributed by atoms with E-state index in [9.17, 15) is 4.79 Å². The van der Waals surface area contributed by atoms with Crippen LogP contribution in [0.5, 0.6) is 0 Å². The summed E-state index contributed by atoms with van der Waals surface area (Å²) in [6.45, 7) is 4.61. The van der Waals surface area contributed by atoms with Crippen molar-refractivity contribution in [2.45, 2.75) is 37.2 Å². The van der Waals surface area contributed by atoms with Crippen LogP contribution >= 0.6 is 11.8 Å². The lowest BCUT2D eigenvalue weighted by molar-refractivity contribution is -0.115. The molecule has 0 saturated carbocycles. The number of anilines is 1. The highest BCUT2D eigenvalue weighted by atomic mass is 32.2. The number of benzene rings is 2. The zero-order valence-electron chi connectivity index (χ0n) is 15.8. The van der Waals surface area contributed by atoms with Crippen LogP contribution in [0.4, 0.5) is 5.69 Å². The molecule has 0 spiro atoms. The van der Waals surface area contributed by atoms with Gasteiger partial charge in [-0.1, -0.05) is 48.2 Å². The van der Waals surface area contributed by atoms with Gasteiger partial charge in [-0.3, -0.25) is 4.79 Å². The van der Waals surface area contributed by atoms with Crippen molar-refractivity contribution in [2.75, 3.05) is 5.32 Å². The number of carbonyl (C=O) groups excluding carboxylic acids is 1. The fourth-order valence-electron chi connectivity index (χ4n) is 2.76. The summed E-state index contributed by atoms with van der Waals surface area (Å²) in [5, 5.41) is 20.8. The minimum absolute atomic E-state index is 0.143. The van der Waals surface area contributed by atoms with E-state index in [0.29, 0.717) is 17.7 Å². The molecule has 0 aliphatic heterocycles. The molecule has 1 atom stereocenters. The van der Waals surface area contributed by atoms with Gasteiger partial charge in [-0.2, -0.15) is 5.26 Å². The summed E-state index contributed by atoms with van der Waals surface area (Å²) < 4.78 is 2.04. The van der Waals surface area contributed by atoms with E-state index in [0.717, 1.165) is 17.5 Å². The molecule has 7 heteroatoms. The van der Waals surface area contributed by atoms with E-state index >= 15 is 0 Å². The average molecular weight is 392 g/mol. The van der Waals surface area contributed by atoms with Gasteiger partial charge in [-0.15, -0.1) is 10.2 Å². The van der Waals surface area contributed by atoms with Gasteiger partial charge in [0.15, 0.2) is 5.16 Å². The number of hydrogen-bond donors (Lipinski definition) is 1. The Hall–Kier alpha value is -3.11. The first-order chi connectivity index (χ1) is 13.6. The predicted octanol–water partition coefficient (Wildman–Crippen LogP) is 3.88. The van der Waals surface area contributed by atoms with Crippen molar-refractivity contribution < 1.29 is 4.79 Å². The first-order valence-electron chi connectivity index (χ1n) is 9.04. The molecule has 0 radical (unpaired) electrons. The lowest BCUT2D eigenvalue weighted by Crippen LogP contribution is -2.23. The van der Waals surface area contributed by atoms with Crippen LogP contribution in [0, 0.1) is 11.3 Å². The highest BCUT2D eigenvalue weighted by Gasteiger charge is 2.20. The smallest absolute Gasteiger partial charge is 0.237 e. The van der Waals surface area contributed by atoms with Gasteiger partial charge >= 0.3 is 0 Å². The molecule has 3 aromatic rings. The minimum atomic E-state index is -0.357. The third-order valence-electron chi connectivity index (χ3n) is 4.23. The summed E-state index contributed by atoms with van der Waals surface area (Å²) >= 11 is 1.38. The van der Waals surface area contributed by atoms with E-state index in [4.69, 9.17) is 5.26 Å². The van der Waals surface area contributed by atoms with Crippen LogP contribution in [0.15, 0.2) is 59.8 Å². The summed E-state index contributed by atoms with van der Waals surface area (Å²) in [5.74, 6) is 0.737. The molecule has 1 heterocycles. The normalized spacial score (nSPS) is 11.6. The lowest BCUT2D eigenvalue weighted by atomic mass is 10.1. The van der Waals surface area contributed by atoms with E-state index in [1.165, 1.54) is 17.3 Å². The van der Waals surface area contributed by atoms with Crippen molar-refractivity contribution >= 4 is 23.4 Å². The number of carbonyl (C=O) groups is 1. The molecule has 0 saturated heterocycles. The monoisotopic (exact) mass is 391 g/mol. The first-order valence-corrected chi connectivity index (χ1v) is 9.92. The minimum Gasteiger partial charge on any atom is -0.325 e. The van der Waals surface area contributed by atoms with Crippen LogP contribution in [-0.2, 0) is 17.8 Å². The van der Waals surface area contributed by atoms with Gasteiger partial charge in [0.2, 0.25) is 5.91 Å². The van der Waals surface area contributed by atoms with E-state index in [1.807, 2.05) is 36.6 Å². The van der Waals surface area contributed by atoms with Crippen LogP contribution in [0.3, 0.4) is 0 Å². The number of hydrogen-bond acceptors (Lipinski definition) is 5.